The number of nitrogens with one attached hydrogen (secondary N) is 2. The molecule has 1 aromatic carbocycles. The topological polar surface area (TPSA) is 50.4 Å². The Morgan fingerprint density at radius 2 is 2.06 bits per heavy atom. The van der Waals surface area contributed by atoms with E-state index in [1.165, 1.54) is 0 Å². The van der Waals surface area contributed by atoms with Gasteiger partial charge in [0.15, 0.2) is 0 Å². The van der Waals surface area contributed by atoms with Crippen molar-refractivity contribution in [1.29, 1.82) is 0 Å². The lowest BCUT2D eigenvalue weighted by molar-refractivity contribution is 0.0941. The molecule has 6 heteroatoms. The van der Waals surface area contributed by atoms with Crippen molar-refractivity contribution in [2.45, 2.75) is 18.9 Å². The van der Waals surface area contributed by atoms with Gasteiger partial charge in [-0.15, -0.1) is 0 Å². The first kappa shape index (κ1) is 13.5. The van der Waals surface area contributed by atoms with Crippen LogP contribution in [0.25, 0.3) is 0 Å². The fourth-order valence-corrected chi connectivity index (χ4v) is 2.37. The molecule has 18 heavy (non-hydrogen) atoms. The number of amides is 1. The molecule has 0 spiro atoms. The first-order valence-electron chi connectivity index (χ1n) is 5.78. The first-order chi connectivity index (χ1) is 8.63. The summed E-state index contributed by atoms with van der Waals surface area (Å²) in [5.41, 5.74) is 0.529. The Morgan fingerprint density at radius 3 is 2.67 bits per heavy atom. The molecule has 98 valence electrons. The quantitative estimate of drug-likeness (QED) is 0.878. The van der Waals surface area contributed by atoms with Gasteiger partial charge in [-0.1, -0.05) is 23.2 Å². The first-order valence-corrected chi connectivity index (χ1v) is 6.53. The maximum Gasteiger partial charge on any atom is 0.411 e. The molecular formula is C12H14Cl2N2O2. The van der Waals surface area contributed by atoms with Crippen LogP contribution in [0.15, 0.2) is 18.2 Å². The fourth-order valence-electron chi connectivity index (χ4n) is 1.85. The van der Waals surface area contributed by atoms with Crippen molar-refractivity contribution in [3.05, 3.63) is 28.2 Å². The van der Waals surface area contributed by atoms with E-state index in [0.29, 0.717) is 22.3 Å². The highest BCUT2D eigenvalue weighted by atomic mass is 35.5. The van der Waals surface area contributed by atoms with Gasteiger partial charge in [-0.3, -0.25) is 5.32 Å². The van der Waals surface area contributed by atoms with Crippen LogP contribution in [0.5, 0.6) is 0 Å². The number of hydrogen-bond acceptors (Lipinski definition) is 3. The largest absolute Gasteiger partial charge is 0.445 e. The fraction of sp³-hybridized carbons (Fsp3) is 0.417. The second kappa shape index (κ2) is 6.27. The maximum atomic E-state index is 11.7. The summed E-state index contributed by atoms with van der Waals surface area (Å²) in [4.78, 5) is 11.7. The average molecular weight is 289 g/mol. The Hall–Kier alpha value is -0.970. The van der Waals surface area contributed by atoms with E-state index in [4.69, 9.17) is 27.9 Å². The summed E-state index contributed by atoms with van der Waals surface area (Å²) in [7, 11) is 0. The minimum Gasteiger partial charge on any atom is -0.445 e. The monoisotopic (exact) mass is 288 g/mol. The van der Waals surface area contributed by atoms with Gasteiger partial charge >= 0.3 is 6.09 Å². The van der Waals surface area contributed by atoms with Crippen LogP contribution in [0, 0.1) is 0 Å². The smallest absolute Gasteiger partial charge is 0.411 e. The Balaban J connectivity index is 1.89. The van der Waals surface area contributed by atoms with Crippen LogP contribution in [0.1, 0.15) is 12.8 Å². The van der Waals surface area contributed by atoms with Gasteiger partial charge in [0.1, 0.15) is 6.10 Å². The summed E-state index contributed by atoms with van der Waals surface area (Å²) in [6, 6.07) is 4.84. The number of benzene rings is 1. The molecule has 1 amide bonds. The molecular weight excluding hydrogens is 275 g/mol. The van der Waals surface area contributed by atoms with E-state index >= 15 is 0 Å². The van der Waals surface area contributed by atoms with Gasteiger partial charge in [0, 0.05) is 22.3 Å². The molecule has 2 rings (SSSR count). The number of anilines is 1. The normalized spacial score (nSPS) is 19.3. The highest BCUT2D eigenvalue weighted by Crippen LogP contribution is 2.22. The SMILES string of the molecule is O=C(Nc1cc(Cl)cc(Cl)c1)OC1CCCNC1. The lowest BCUT2D eigenvalue weighted by Crippen LogP contribution is -2.37. The molecule has 1 unspecified atom stereocenters. The molecule has 1 heterocycles. The number of halogens is 2. The Labute approximate surface area is 116 Å². The minimum absolute atomic E-state index is 0.0755. The number of ether oxygens (including phenoxy) is 1. The van der Waals surface area contributed by atoms with Crippen LogP contribution in [-0.4, -0.2) is 25.3 Å². The van der Waals surface area contributed by atoms with Gasteiger partial charge in [-0.2, -0.15) is 0 Å². The second-order valence-corrected chi connectivity index (χ2v) is 5.03. The zero-order chi connectivity index (χ0) is 13.0. The lowest BCUT2D eigenvalue weighted by atomic mass is 10.1. The maximum absolute atomic E-state index is 11.7. The van der Waals surface area contributed by atoms with Crippen molar-refractivity contribution in [3.8, 4) is 0 Å². The standard InChI is InChI=1S/C12H14Cl2N2O2/c13-8-4-9(14)6-10(5-8)16-12(17)18-11-2-1-3-15-7-11/h4-6,11,15H,1-3,7H2,(H,16,17). The van der Waals surface area contributed by atoms with Gasteiger partial charge in [-0.05, 0) is 37.6 Å². The number of piperidine rings is 1. The number of rotatable bonds is 2. The van der Waals surface area contributed by atoms with Crippen LogP contribution in [-0.2, 0) is 4.74 Å². The highest BCUT2D eigenvalue weighted by Gasteiger charge is 2.17. The second-order valence-electron chi connectivity index (χ2n) is 4.16. The molecule has 0 bridgehead atoms. The number of carbonyl (C=O) groups excluding carboxylic acids is 1. The number of hydrogen-bond donors (Lipinski definition) is 2. The summed E-state index contributed by atoms with van der Waals surface area (Å²) in [5.74, 6) is 0. The van der Waals surface area contributed by atoms with Crippen LogP contribution in [0.3, 0.4) is 0 Å². The Morgan fingerprint density at radius 1 is 1.33 bits per heavy atom. The van der Waals surface area contributed by atoms with Crippen LogP contribution in [0.2, 0.25) is 10.0 Å². The van der Waals surface area contributed by atoms with Crippen molar-refractivity contribution in [3.63, 3.8) is 0 Å². The summed E-state index contributed by atoms with van der Waals surface area (Å²) >= 11 is 11.7. The molecule has 1 aliphatic rings. The van der Waals surface area contributed by atoms with E-state index in [2.05, 4.69) is 10.6 Å². The molecule has 0 aromatic heterocycles. The van der Waals surface area contributed by atoms with Gasteiger partial charge in [0.2, 0.25) is 0 Å². The highest BCUT2D eigenvalue weighted by molar-refractivity contribution is 6.35. The predicted octanol–water partition coefficient (Wildman–Crippen LogP) is 3.29. The van der Waals surface area contributed by atoms with Crippen molar-refractivity contribution < 1.29 is 9.53 Å². The molecule has 1 aliphatic heterocycles. The molecule has 0 aliphatic carbocycles. The third kappa shape index (κ3) is 4.05. The van der Waals surface area contributed by atoms with Crippen LogP contribution < -0.4 is 10.6 Å². The van der Waals surface area contributed by atoms with Crippen molar-refractivity contribution in [1.82, 2.24) is 5.32 Å². The Bertz CT molecular complexity index is 414. The van der Waals surface area contributed by atoms with Crippen LogP contribution >= 0.6 is 23.2 Å². The molecule has 1 aromatic rings. The summed E-state index contributed by atoms with van der Waals surface area (Å²) < 4.78 is 5.28. The van der Waals surface area contributed by atoms with Crippen molar-refractivity contribution in [2.75, 3.05) is 18.4 Å². The van der Waals surface area contributed by atoms with E-state index in [0.717, 1.165) is 19.4 Å². The summed E-state index contributed by atoms with van der Waals surface area (Å²) in [5, 5.41) is 6.73. The van der Waals surface area contributed by atoms with Gasteiger partial charge in [0.25, 0.3) is 0 Å². The zero-order valence-corrected chi connectivity index (χ0v) is 11.2. The van der Waals surface area contributed by atoms with Gasteiger partial charge in [-0.25, -0.2) is 4.79 Å². The van der Waals surface area contributed by atoms with E-state index in [1.807, 2.05) is 0 Å². The van der Waals surface area contributed by atoms with E-state index < -0.39 is 6.09 Å². The Kier molecular flexibility index (Phi) is 4.69. The predicted molar refractivity (Wildman–Crippen MR) is 72.5 cm³/mol. The minimum atomic E-state index is -0.484. The van der Waals surface area contributed by atoms with E-state index in [1.54, 1.807) is 18.2 Å². The van der Waals surface area contributed by atoms with Gasteiger partial charge < -0.3 is 10.1 Å². The number of carbonyl (C=O) groups is 1. The molecule has 2 N–H and O–H groups in total. The summed E-state index contributed by atoms with van der Waals surface area (Å²) in [6.07, 6.45) is 1.34. The zero-order valence-electron chi connectivity index (χ0n) is 9.71. The van der Waals surface area contributed by atoms with E-state index in [-0.39, 0.29) is 6.10 Å². The van der Waals surface area contributed by atoms with Crippen molar-refractivity contribution >= 4 is 35.0 Å². The molecule has 0 radical (unpaired) electrons. The molecule has 0 saturated carbocycles. The summed E-state index contributed by atoms with van der Waals surface area (Å²) in [6.45, 7) is 1.68. The average Bonchev–Trinajstić information content (AvgIpc) is 2.28. The van der Waals surface area contributed by atoms with Crippen molar-refractivity contribution in [2.24, 2.45) is 0 Å². The third-order valence-corrected chi connectivity index (χ3v) is 3.07. The molecule has 1 fully saturated rings. The third-order valence-electron chi connectivity index (χ3n) is 2.63. The van der Waals surface area contributed by atoms with E-state index in [9.17, 15) is 4.79 Å². The molecule has 1 saturated heterocycles. The van der Waals surface area contributed by atoms with Gasteiger partial charge in [0.05, 0.1) is 0 Å². The molecule has 1 atom stereocenters. The van der Waals surface area contributed by atoms with Crippen LogP contribution in [0.4, 0.5) is 10.5 Å². The lowest BCUT2D eigenvalue weighted by Gasteiger charge is -2.22. The molecule has 4 nitrogen and oxygen atoms in total.